The molecule has 0 heterocycles. The van der Waals surface area contributed by atoms with Crippen molar-refractivity contribution in [3.05, 3.63) is 28.2 Å². The zero-order chi connectivity index (χ0) is 14.4. The first kappa shape index (κ1) is 16.3. The maximum absolute atomic E-state index is 11.8. The SMILES string of the molecule is CCC(C)C(C)NCC(=O)Nc1cc(Cl)ccc1Cl. The van der Waals surface area contributed by atoms with Crippen LogP contribution in [0.5, 0.6) is 0 Å². The van der Waals surface area contributed by atoms with Crippen LogP contribution in [0.4, 0.5) is 5.69 Å². The number of anilines is 1. The summed E-state index contributed by atoms with van der Waals surface area (Å²) in [6.45, 7) is 6.63. The molecule has 0 spiro atoms. The topological polar surface area (TPSA) is 41.1 Å². The van der Waals surface area contributed by atoms with Gasteiger partial charge in [0.1, 0.15) is 0 Å². The van der Waals surface area contributed by atoms with E-state index in [1.165, 1.54) is 0 Å². The van der Waals surface area contributed by atoms with Crippen LogP contribution in [-0.4, -0.2) is 18.5 Å². The van der Waals surface area contributed by atoms with Crippen LogP contribution in [0, 0.1) is 5.92 Å². The Labute approximate surface area is 124 Å². The fraction of sp³-hybridized carbons (Fsp3) is 0.500. The third kappa shape index (κ3) is 5.39. The van der Waals surface area contributed by atoms with Crippen LogP contribution >= 0.6 is 23.2 Å². The molecule has 106 valence electrons. The summed E-state index contributed by atoms with van der Waals surface area (Å²) in [5.74, 6) is 0.405. The first-order valence-corrected chi connectivity index (χ1v) is 7.18. The third-order valence-corrected chi connectivity index (χ3v) is 3.85. The average Bonchev–Trinajstić information content (AvgIpc) is 2.39. The Morgan fingerprint density at radius 3 is 2.63 bits per heavy atom. The minimum absolute atomic E-state index is 0.126. The summed E-state index contributed by atoms with van der Waals surface area (Å²) in [6.07, 6.45) is 1.08. The molecule has 1 aromatic carbocycles. The fourth-order valence-electron chi connectivity index (χ4n) is 1.60. The number of carbonyl (C=O) groups excluding carboxylic acids is 1. The lowest BCUT2D eigenvalue weighted by Crippen LogP contribution is -2.37. The lowest BCUT2D eigenvalue weighted by atomic mass is 10.0. The van der Waals surface area contributed by atoms with Crippen LogP contribution in [0.15, 0.2) is 18.2 Å². The molecule has 0 fully saturated rings. The molecule has 0 aliphatic heterocycles. The van der Waals surface area contributed by atoms with E-state index in [1.54, 1.807) is 18.2 Å². The highest BCUT2D eigenvalue weighted by molar-refractivity contribution is 6.35. The Morgan fingerprint density at radius 2 is 2.00 bits per heavy atom. The zero-order valence-electron chi connectivity index (χ0n) is 11.5. The van der Waals surface area contributed by atoms with E-state index >= 15 is 0 Å². The molecule has 19 heavy (non-hydrogen) atoms. The van der Waals surface area contributed by atoms with E-state index in [1.807, 2.05) is 0 Å². The van der Waals surface area contributed by atoms with Gasteiger partial charge in [-0.3, -0.25) is 4.79 Å². The number of hydrogen-bond acceptors (Lipinski definition) is 2. The zero-order valence-corrected chi connectivity index (χ0v) is 13.0. The Hall–Kier alpha value is -0.770. The highest BCUT2D eigenvalue weighted by Gasteiger charge is 2.12. The molecule has 2 atom stereocenters. The molecule has 1 rings (SSSR count). The molecule has 0 bridgehead atoms. The van der Waals surface area contributed by atoms with Gasteiger partial charge in [0, 0.05) is 11.1 Å². The summed E-state index contributed by atoms with van der Waals surface area (Å²) >= 11 is 11.8. The number of rotatable bonds is 6. The van der Waals surface area contributed by atoms with Crippen molar-refractivity contribution in [3.8, 4) is 0 Å². The van der Waals surface area contributed by atoms with Crippen LogP contribution < -0.4 is 10.6 Å². The first-order valence-electron chi connectivity index (χ1n) is 6.42. The predicted molar refractivity (Wildman–Crippen MR) is 82.0 cm³/mol. The summed E-state index contributed by atoms with van der Waals surface area (Å²) in [5, 5.41) is 6.97. The molecular weight excluding hydrogens is 283 g/mol. The minimum Gasteiger partial charge on any atom is -0.324 e. The summed E-state index contributed by atoms with van der Waals surface area (Å²) in [7, 11) is 0. The lowest BCUT2D eigenvalue weighted by molar-refractivity contribution is -0.115. The van der Waals surface area contributed by atoms with Crippen molar-refractivity contribution >= 4 is 34.8 Å². The second-order valence-electron chi connectivity index (χ2n) is 4.73. The van der Waals surface area contributed by atoms with Crippen LogP contribution in [-0.2, 0) is 4.79 Å². The predicted octanol–water partition coefficient (Wildman–Crippen LogP) is 3.96. The number of benzene rings is 1. The molecule has 0 aromatic heterocycles. The highest BCUT2D eigenvalue weighted by atomic mass is 35.5. The molecular formula is C14H20Cl2N2O. The molecule has 0 radical (unpaired) electrons. The minimum atomic E-state index is -0.126. The second-order valence-corrected chi connectivity index (χ2v) is 5.57. The first-order chi connectivity index (χ1) is 8.93. The van der Waals surface area contributed by atoms with E-state index in [-0.39, 0.29) is 12.5 Å². The van der Waals surface area contributed by atoms with Crippen LogP contribution in [0.3, 0.4) is 0 Å². The van der Waals surface area contributed by atoms with Crippen molar-refractivity contribution in [1.29, 1.82) is 0 Å². The summed E-state index contributed by atoms with van der Waals surface area (Å²) in [4.78, 5) is 11.8. The maximum atomic E-state index is 11.8. The van der Waals surface area contributed by atoms with Crippen molar-refractivity contribution in [2.75, 3.05) is 11.9 Å². The number of halogens is 2. The van der Waals surface area contributed by atoms with Gasteiger partial charge in [0.05, 0.1) is 17.3 Å². The molecule has 0 saturated carbocycles. The number of amides is 1. The molecule has 1 aromatic rings. The molecule has 1 amide bonds. The van der Waals surface area contributed by atoms with Crippen LogP contribution in [0.2, 0.25) is 10.0 Å². The lowest BCUT2D eigenvalue weighted by Gasteiger charge is -2.19. The van der Waals surface area contributed by atoms with Gasteiger partial charge in [-0.25, -0.2) is 0 Å². The van der Waals surface area contributed by atoms with Crippen molar-refractivity contribution in [3.63, 3.8) is 0 Å². The van der Waals surface area contributed by atoms with Gasteiger partial charge in [-0.1, -0.05) is 43.5 Å². The molecule has 3 nitrogen and oxygen atoms in total. The smallest absolute Gasteiger partial charge is 0.238 e. The van der Waals surface area contributed by atoms with Gasteiger partial charge in [-0.15, -0.1) is 0 Å². The molecule has 2 N–H and O–H groups in total. The quantitative estimate of drug-likeness (QED) is 0.835. The highest BCUT2D eigenvalue weighted by Crippen LogP contribution is 2.25. The van der Waals surface area contributed by atoms with Gasteiger partial charge in [-0.05, 0) is 31.0 Å². The van der Waals surface area contributed by atoms with Gasteiger partial charge in [0.25, 0.3) is 0 Å². The van der Waals surface area contributed by atoms with Crippen molar-refractivity contribution in [2.45, 2.75) is 33.2 Å². The normalized spacial score (nSPS) is 13.9. The van der Waals surface area contributed by atoms with E-state index in [2.05, 4.69) is 31.4 Å². The standard InChI is InChI=1S/C14H20Cl2N2O/c1-4-9(2)10(3)17-8-14(19)18-13-7-11(15)5-6-12(13)16/h5-7,9-10,17H,4,8H2,1-3H3,(H,18,19). The van der Waals surface area contributed by atoms with E-state index in [9.17, 15) is 4.79 Å². The fourth-order valence-corrected chi connectivity index (χ4v) is 1.93. The van der Waals surface area contributed by atoms with Gasteiger partial charge in [0.15, 0.2) is 0 Å². The molecule has 0 aliphatic rings. The van der Waals surface area contributed by atoms with Gasteiger partial charge in [0.2, 0.25) is 5.91 Å². The summed E-state index contributed by atoms with van der Waals surface area (Å²) < 4.78 is 0. The Balaban J connectivity index is 2.49. The summed E-state index contributed by atoms with van der Waals surface area (Å²) in [5.41, 5.74) is 0.539. The Bertz CT molecular complexity index is 437. The molecule has 5 heteroatoms. The number of hydrogen-bond donors (Lipinski definition) is 2. The van der Waals surface area contributed by atoms with Crippen molar-refractivity contribution in [2.24, 2.45) is 5.92 Å². The van der Waals surface area contributed by atoms with E-state index < -0.39 is 0 Å². The summed E-state index contributed by atoms with van der Waals surface area (Å²) in [6, 6.07) is 5.28. The van der Waals surface area contributed by atoms with Crippen LogP contribution in [0.25, 0.3) is 0 Å². The molecule has 0 aliphatic carbocycles. The number of carbonyl (C=O) groups is 1. The van der Waals surface area contributed by atoms with Gasteiger partial charge >= 0.3 is 0 Å². The van der Waals surface area contributed by atoms with Crippen molar-refractivity contribution < 1.29 is 4.79 Å². The molecule has 2 unspecified atom stereocenters. The second kappa shape index (κ2) is 7.73. The van der Waals surface area contributed by atoms with Crippen LogP contribution in [0.1, 0.15) is 27.2 Å². The van der Waals surface area contributed by atoms with Gasteiger partial charge < -0.3 is 10.6 Å². The Morgan fingerprint density at radius 1 is 1.32 bits per heavy atom. The largest absolute Gasteiger partial charge is 0.324 e. The third-order valence-electron chi connectivity index (χ3n) is 3.28. The van der Waals surface area contributed by atoms with Crippen molar-refractivity contribution in [1.82, 2.24) is 5.32 Å². The van der Waals surface area contributed by atoms with E-state index in [0.29, 0.717) is 27.7 Å². The maximum Gasteiger partial charge on any atom is 0.238 e. The van der Waals surface area contributed by atoms with E-state index in [4.69, 9.17) is 23.2 Å². The van der Waals surface area contributed by atoms with E-state index in [0.717, 1.165) is 6.42 Å². The van der Waals surface area contributed by atoms with Gasteiger partial charge in [-0.2, -0.15) is 0 Å². The number of nitrogens with one attached hydrogen (secondary N) is 2. The average molecular weight is 303 g/mol. The molecule has 0 saturated heterocycles. The monoisotopic (exact) mass is 302 g/mol. The Kier molecular flexibility index (Phi) is 6.63.